The zero-order chi connectivity index (χ0) is 9.10. The number of ether oxygens (including phenoxy) is 1. The molecule has 0 aromatic rings. The molecule has 4 heteroatoms. The van der Waals surface area contributed by atoms with Crippen molar-refractivity contribution in [2.75, 3.05) is 32.8 Å². The molecule has 0 aromatic heterocycles. The Morgan fingerprint density at radius 1 is 1.46 bits per heavy atom. The molecule has 0 atom stereocenters. The van der Waals surface area contributed by atoms with Gasteiger partial charge in [-0.1, -0.05) is 0 Å². The molecule has 13 heavy (non-hydrogen) atoms. The summed E-state index contributed by atoms with van der Waals surface area (Å²) in [6, 6.07) is 0. The molecular weight excluding hydrogens is 166 g/mol. The van der Waals surface area contributed by atoms with Crippen LogP contribution in [0.1, 0.15) is 6.92 Å². The highest BCUT2D eigenvalue weighted by Gasteiger charge is 2.14. The summed E-state index contributed by atoms with van der Waals surface area (Å²) >= 11 is 0. The minimum absolute atomic E-state index is 0.661. The van der Waals surface area contributed by atoms with E-state index in [1.807, 2.05) is 13.0 Å². The standard InChI is InChI=1S/C9H15N3O/c1-8-11-9(2-7-13-8)12-5-3-10-4-6-12/h2,10H,3-7H2,1H3. The molecule has 2 aliphatic rings. The summed E-state index contributed by atoms with van der Waals surface area (Å²) in [5.74, 6) is 1.85. The molecule has 0 aliphatic carbocycles. The van der Waals surface area contributed by atoms with Crippen LogP contribution in [0.3, 0.4) is 0 Å². The molecule has 2 heterocycles. The van der Waals surface area contributed by atoms with E-state index in [0.29, 0.717) is 6.61 Å². The van der Waals surface area contributed by atoms with E-state index in [-0.39, 0.29) is 0 Å². The molecule has 0 radical (unpaired) electrons. The van der Waals surface area contributed by atoms with Gasteiger partial charge in [-0.3, -0.25) is 0 Å². The zero-order valence-electron chi connectivity index (χ0n) is 7.92. The van der Waals surface area contributed by atoms with Gasteiger partial charge in [0.25, 0.3) is 0 Å². The molecule has 1 fully saturated rings. The van der Waals surface area contributed by atoms with Crippen molar-refractivity contribution < 1.29 is 4.74 Å². The smallest absolute Gasteiger partial charge is 0.186 e. The molecule has 0 unspecified atom stereocenters. The van der Waals surface area contributed by atoms with Crippen LogP contribution in [0.25, 0.3) is 0 Å². The van der Waals surface area contributed by atoms with Crippen LogP contribution in [0, 0.1) is 0 Å². The van der Waals surface area contributed by atoms with Crippen molar-refractivity contribution in [1.82, 2.24) is 10.2 Å². The minimum Gasteiger partial charge on any atom is -0.477 e. The molecular formula is C9H15N3O. The summed E-state index contributed by atoms with van der Waals surface area (Å²) < 4.78 is 5.23. The Bertz CT molecular complexity index is 241. The lowest BCUT2D eigenvalue weighted by Gasteiger charge is -2.30. The number of hydrogen-bond acceptors (Lipinski definition) is 4. The van der Waals surface area contributed by atoms with Crippen molar-refractivity contribution in [1.29, 1.82) is 0 Å². The maximum absolute atomic E-state index is 5.23. The first kappa shape index (κ1) is 8.56. The number of aliphatic imine (C=N–C) groups is 1. The first-order valence-electron chi connectivity index (χ1n) is 4.70. The Hall–Kier alpha value is -1.03. The predicted molar refractivity (Wildman–Crippen MR) is 51.6 cm³/mol. The van der Waals surface area contributed by atoms with Crippen LogP contribution in [0.5, 0.6) is 0 Å². The lowest BCUT2D eigenvalue weighted by molar-refractivity contribution is 0.274. The topological polar surface area (TPSA) is 36.9 Å². The second-order valence-corrected chi connectivity index (χ2v) is 3.24. The van der Waals surface area contributed by atoms with Gasteiger partial charge < -0.3 is 15.0 Å². The van der Waals surface area contributed by atoms with E-state index in [2.05, 4.69) is 15.2 Å². The van der Waals surface area contributed by atoms with Gasteiger partial charge in [0.1, 0.15) is 12.4 Å². The van der Waals surface area contributed by atoms with Gasteiger partial charge in [-0.15, -0.1) is 0 Å². The number of nitrogens with zero attached hydrogens (tertiary/aromatic N) is 2. The monoisotopic (exact) mass is 181 g/mol. The van der Waals surface area contributed by atoms with Gasteiger partial charge in [-0.25, -0.2) is 4.99 Å². The van der Waals surface area contributed by atoms with Gasteiger partial charge >= 0.3 is 0 Å². The molecule has 4 nitrogen and oxygen atoms in total. The van der Waals surface area contributed by atoms with Crippen LogP contribution in [0.4, 0.5) is 0 Å². The molecule has 1 N–H and O–H groups in total. The molecule has 2 aliphatic heterocycles. The lowest BCUT2D eigenvalue weighted by Crippen LogP contribution is -2.43. The van der Waals surface area contributed by atoms with Crippen LogP contribution in [-0.4, -0.2) is 43.6 Å². The number of piperazine rings is 1. The Morgan fingerprint density at radius 3 is 2.92 bits per heavy atom. The Labute approximate surface area is 78.3 Å². The van der Waals surface area contributed by atoms with Crippen molar-refractivity contribution in [2.24, 2.45) is 4.99 Å². The molecule has 0 amide bonds. The fourth-order valence-electron chi connectivity index (χ4n) is 1.57. The number of rotatable bonds is 1. The summed E-state index contributed by atoms with van der Waals surface area (Å²) in [4.78, 5) is 6.65. The predicted octanol–water partition coefficient (Wildman–Crippen LogP) is 0.182. The van der Waals surface area contributed by atoms with Crippen molar-refractivity contribution >= 4 is 5.90 Å². The summed E-state index contributed by atoms with van der Waals surface area (Å²) in [6.07, 6.45) is 2.04. The molecule has 2 rings (SSSR count). The van der Waals surface area contributed by atoms with Gasteiger partial charge in [-0.2, -0.15) is 0 Å². The SMILES string of the molecule is CC1=NC(N2CCNCC2)=CCO1. The summed E-state index contributed by atoms with van der Waals surface area (Å²) in [5.41, 5.74) is 0. The minimum atomic E-state index is 0.661. The average Bonchev–Trinajstić information content (AvgIpc) is 2.19. The van der Waals surface area contributed by atoms with E-state index in [1.54, 1.807) is 0 Å². The molecule has 0 aromatic carbocycles. The molecule has 1 saturated heterocycles. The second kappa shape index (κ2) is 3.79. The van der Waals surface area contributed by atoms with Crippen LogP contribution < -0.4 is 5.32 Å². The van der Waals surface area contributed by atoms with Gasteiger partial charge in [0.05, 0.1) is 0 Å². The van der Waals surface area contributed by atoms with Crippen LogP contribution in [0.15, 0.2) is 16.9 Å². The maximum Gasteiger partial charge on any atom is 0.186 e. The Kier molecular flexibility index (Phi) is 2.49. The third-order valence-corrected chi connectivity index (χ3v) is 2.27. The first-order valence-corrected chi connectivity index (χ1v) is 4.70. The van der Waals surface area contributed by atoms with Crippen LogP contribution in [0.2, 0.25) is 0 Å². The van der Waals surface area contributed by atoms with Crippen molar-refractivity contribution in [3.63, 3.8) is 0 Å². The second-order valence-electron chi connectivity index (χ2n) is 3.24. The zero-order valence-corrected chi connectivity index (χ0v) is 7.92. The van der Waals surface area contributed by atoms with Crippen LogP contribution in [-0.2, 0) is 4.74 Å². The van der Waals surface area contributed by atoms with Crippen molar-refractivity contribution in [2.45, 2.75) is 6.92 Å². The van der Waals surface area contributed by atoms with Gasteiger partial charge in [0.2, 0.25) is 0 Å². The quantitative estimate of drug-likeness (QED) is 0.627. The highest BCUT2D eigenvalue weighted by Crippen LogP contribution is 2.11. The molecule has 72 valence electrons. The summed E-state index contributed by atoms with van der Waals surface area (Å²) in [5, 5.41) is 3.32. The summed E-state index contributed by atoms with van der Waals surface area (Å²) in [7, 11) is 0. The number of nitrogens with one attached hydrogen (secondary N) is 1. The van der Waals surface area contributed by atoms with E-state index in [1.165, 1.54) is 0 Å². The number of hydrogen-bond donors (Lipinski definition) is 1. The summed E-state index contributed by atoms with van der Waals surface area (Å²) in [6.45, 7) is 6.74. The van der Waals surface area contributed by atoms with E-state index in [0.717, 1.165) is 37.9 Å². The van der Waals surface area contributed by atoms with E-state index < -0.39 is 0 Å². The Balaban J connectivity index is 2.02. The highest BCUT2D eigenvalue weighted by atomic mass is 16.5. The van der Waals surface area contributed by atoms with Crippen molar-refractivity contribution in [3.05, 3.63) is 11.9 Å². The first-order chi connectivity index (χ1) is 6.36. The fourth-order valence-corrected chi connectivity index (χ4v) is 1.57. The normalized spacial score (nSPS) is 23.3. The maximum atomic E-state index is 5.23. The third-order valence-electron chi connectivity index (χ3n) is 2.27. The highest BCUT2D eigenvalue weighted by molar-refractivity contribution is 5.75. The van der Waals surface area contributed by atoms with E-state index in [9.17, 15) is 0 Å². The van der Waals surface area contributed by atoms with Crippen LogP contribution >= 0.6 is 0 Å². The third kappa shape index (κ3) is 2.01. The van der Waals surface area contributed by atoms with Gasteiger partial charge in [-0.05, 0) is 6.08 Å². The Morgan fingerprint density at radius 2 is 2.23 bits per heavy atom. The fraction of sp³-hybridized carbons (Fsp3) is 0.667. The molecule has 0 saturated carbocycles. The molecule has 0 spiro atoms. The van der Waals surface area contributed by atoms with Gasteiger partial charge in [0.15, 0.2) is 5.90 Å². The van der Waals surface area contributed by atoms with Crippen molar-refractivity contribution in [3.8, 4) is 0 Å². The lowest BCUT2D eigenvalue weighted by atomic mass is 10.3. The largest absolute Gasteiger partial charge is 0.477 e. The van der Waals surface area contributed by atoms with Gasteiger partial charge in [0, 0.05) is 33.1 Å². The van der Waals surface area contributed by atoms with E-state index in [4.69, 9.17) is 4.74 Å². The average molecular weight is 181 g/mol. The van der Waals surface area contributed by atoms with E-state index >= 15 is 0 Å². The molecule has 0 bridgehead atoms.